The number of aryl methyl sites for hydroxylation is 2. The van der Waals surface area contributed by atoms with Crippen molar-refractivity contribution in [1.29, 1.82) is 0 Å². The third-order valence-electron chi connectivity index (χ3n) is 5.30. The number of hydrogen-bond acceptors (Lipinski definition) is 5. The molecule has 0 radical (unpaired) electrons. The normalized spacial score (nSPS) is 22.5. The van der Waals surface area contributed by atoms with Crippen LogP contribution in [0, 0.1) is 6.92 Å². The van der Waals surface area contributed by atoms with Gasteiger partial charge in [-0.15, -0.1) is 0 Å². The fourth-order valence-electron chi connectivity index (χ4n) is 4.03. The van der Waals surface area contributed by atoms with E-state index < -0.39 is 0 Å². The van der Waals surface area contributed by atoms with Crippen LogP contribution < -0.4 is 0 Å². The van der Waals surface area contributed by atoms with Gasteiger partial charge in [-0.2, -0.15) is 5.10 Å². The summed E-state index contributed by atoms with van der Waals surface area (Å²) in [7, 11) is 0. The Hall–Kier alpha value is -1.76. The Kier molecular flexibility index (Phi) is 5.07. The lowest BCUT2D eigenvalue weighted by molar-refractivity contribution is -0.200. The number of nitrogens with zero attached hydrogens (tertiary/aromatic N) is 4. The number of pyridine rings is 1. The van der Waals surface area contributed by atoms with Gasteiger partial charge in [0.25, 0.3) is 0 Å². The van der Waals surface area contributed by atoms with E-state index in [2.05, 4.69) is 28.1 Å². The van der Waals surface area contributed by atoms with E-state index in [1.165, 1.54) is 5.56 Å². The van der Waals surface area contributed by atoms with Crippen molar-refractivity contribution in [2.24, 2.45) is 0 Å². The van der Waals surface area contributed by atoms with E-state index in [-0.39, 0.29) is 11.7 Å². The van der Waals surface area contributed by atoms with Crippen LogP contribution in [-0.2, 0) is 29.2 Å². The number of likely N-dealkylation sites (tertiary alicyclic amines) is 1. The highest BCUT2D eigenvalue weighted by atomic mass is 16.5. The zero-order valence-corrected chi connectivity index (χ0v) is 15.7. The van der Waals surface area contributed by atoms with Crippen LogP contribution in [0.25, 0.3) is 0 Å². The number of rotatable bonds is 6. The van der Waals surface area contributed by atoms with Crippen LogP contribution in [0.3, 0.4) is 0 Å². The van der Waals surface area contributed by atoms with Crippen molar-refractivity contribution >= 4 is 0 Å². The Morgan fingerprint density at radius 3 is 3.00 bits per heavy atom. The van der Waals surface area contributed by atoms with Gasteiger partial charge in [0.05, 0.1) is 30.2 Å². The van der Waals surface area contributed by atoms with Gasteiger partial charge in [-0.1, -0.05) is 6.07 Å². The lowest BCUT2D eigenvalue weighted by Gasteiger charge is -2.53. The molecule has 4 heterocycles. The standard InChI is InChI=1S/C20H28N4O2/c1-3-24-12-17(10-21-24)11-23-14-20(15-23)9-19(7-8-26-20)25-13-18-6-4-5-16(2)22-18/h4-6,10,12,19H,3,7-9,11,13-15H2,1-2H3. The summed E-state index contributed by atoms with van der Waals surface area (Å²) in [4.78, 5) is 6.96. The van der Waals surface area contributed by atoms with Gasteiger partial charge in [0.15, 0.2) is 0 Å². The highest BCUT2D eigenvalue weighted by Gasteiger charge is 2.47. The molecule has 2 aliphatic heterocycles. The predicted octanol–water partition coefficient (Wildman–Crippen LogP) is 2.56. The first-order valence-corrected chi connectivity index (χ1v) is 9.56. The smallest absolute Gasteiger partial charge is 0.0959 e. The van der Waals surface area contributed by atoms with Crippen LogP contribution in [0.2, 0.25) is 0 Å². The van der Waals surface area contributed by atoms with Crippen LogP contribution in [0.1, 0.15) is 36.7 Å². The quantitative estimate of drug-likeness (QED) is 0.796. The van der Waals surface area contributed by atoms with Gasteiger partial charge < -0.3 is 9.47 Å². The molecule has 1 atom stereocenters. The summed E-state index contributed by atoms with van der Waals surface area (Å²) in [5, 5.41) is 4.35. The molecule has 1 spiro atoms. The van der Waals surface area contributed by atoms with Crippen molar-refractivity contribution in [2.75, 3.05) is 19.7 Å². The largest absolute Gasteiger partial charge is 0.372 e. The number of aromatic nitrogens is 3. The molecule has 0 aliphatic carbocycles. The summed E-state index contributed by atoms with van der Waals surface area (Å²) >= 11 is 0. The monoisotopic (exact) mass is 356 g/mol. The summed E-state index contributed by atoms with van der Waals surface area (Å²) in [5.74, 6) is 0. The third-order valence-corrected chi connectivity index (χ3v) is 5.30. The van der Waals surface area contributed by atoms with Crippen molar-refractivity contribution in [3.8, 4) is 0 Å². The Morgan fingerprint density at radius 2 is 2.23 bits per heavy atom. The molecule has 1 unspecified atom stereocenters. The lowest BCUT2D eigenvalue weighted by Crippen LogP contribution is -2.65. The fraction of sp³-hybridized carbons (Fsp3) is 0.600. The fourth-order valence-corrected chi connectivity index (χ4v) is 4.03. The van der Waals surface area contributed by atoms with Crippen LogP contribution in [0.5, 0.6) is 0 Å². The molecule has 2 aromatic heterocycles. The van der Waals surface area contributed by atoms with Crippen molar-refractivity contribution in [3.63, 3.8) is 0 Å². The van der Waals surface area contributed by atoms with Crippen molar-refractivity contribution in [1.82, 2.24) is 19.7 Å². The highest BCUT2D eigenvalue weighted by Crippen LogP contribution is 2.36. The van der Waals surface area contributed by atoms with Gasteiger partial charge in [0, 0.05) is 56.7 Å². The summed E-state index contributed by atoms with van der Waals surface area (Å²) in [6, 6.07) is 6.08. The maximum Gasteiger partial charge on any atom is 0.0959 e. The lowest BCUT2D eigenvalue weighted by atomic mass is 9.84. The van der Waals surface area contributed by atoms with Crippen LogP contribution >= 0.6 is 0 Å². The van der Waals surface area contributed by atoms with Gasteiger partial charge >= 0.3 is 0 Å². The Morgan fingerprint density at radius 1 is 1.35 bits per heavy atom. The second-order valence-electron chi connectivity index (χ2n) is 7.58. The molecule has 6 nitrogen and oxygen atoms in total. The van der Waals surface area contributed by atoms with E-state index in [1.54, 1.807) is 0 Å². The summed E-state index contributed by atoms with van der Waals surface area (Å²) in [5.41, 5.74) is 3.30. The molecule has 0 N–H and O–H groups in total. The maximum absolute atomic E-state index is 6.15. The van der Waals surface area contributed by atoms with Crippen LogP contribution in [0.15, 0.2) is 30.6 Å². The van der Waals surface area contributed by atoms with Crippen molar-refractivity contribution in [3.05, 3.63) is 47.5 Å². The molecule has 2 fully saturated rings. The third kappa shape index (κ3) is 3.98. The average Bonchev–Trinajstić information content (AvgIpc) is 3.07. The van der Waals surface area contributed by atoms with Crippen LogP contribution in [0.4, 0.5) is 0 Å². The Balaban J connectivity index is 1.26. The molecule has 0 amide bonds. The zero-order chi connectivity index (χ0) is 18.0. The van der Waals surface area contributed by atoms with E-state index >= 15 is 0 Å². The first-order valence-electron chi connectivity index (χ1n) is 9.56. The van der Waals surface area contributed by atoms with E-state index in [9.17, 15) is 0 Å². The molecule has 0 saturated carbocycles. The summed E-state index contributed by atoms with van der Waals surface area (Å²) < 4.78 is 14.3. The molecule has 0 bridgehead atoms. The average molecular weight is 356 g/mol. The topological polar surface area (TPSA) is 52.4 Å². The minimum atomic E-state index is -0.0241. The first-order chi connectivity index (χ1) is 12.6. The second kappa shape index (κ2) is 7.47. The Labute approximate surface area is 155 Å². The summed E-state index contributed by atoms with van der Waals surface area (Å²) in [6.07, 6.45) is 6.31. The minimum Gasteiger partial charge on any atom is -0.372 e. The number of hydrogen-bond donors (Lipinski definition) is 0. The SMILES string of the molecule is CCn1cc(CN2CC3(CC(OCc4cccc(C)n4)CCO3)C2)cn1. The molecule has 6 heteroatoms. The first kappa shape index (κ1) is 17.6. The van der Waals surface area contributed by atoms with Gasteiger partial charge in [-0.3, -0.25) is 14.6 Å². The Bertz CT molecular complexity index is 739. The van der Waals surface area contributed by atoms with Crippen LogP contribution in [-0.4, -0.2) is 51.1 Å². The van der Waals surface area contributed by atoms with Crippen molar-refractivity contribution in [2.45, 2.75) is 58.1 Å². The molecule has 140 valence electrons. The van der Waals surface area contributed by atoms with E-state index in [0.717, 1.165) is 57.0 Å². The second-order valence-corrected chi connectivity index (χ2v) is 7.58. The van der Waals surface area contributed by atoms with E-state index in [0.29, 0.717) is 6.61 Å². The molecular formula is C20H28N4O2. The van der Waals surface area contributed by atoms with Crippen molar-refractivity contribution < 1.29 is 9.47 Å². The molecule has 0 aromatic carbocycles. The minimum absolute atomic E-state index is 0.0241. The molecular weight excluding hydrogens is 328 g/mol. The van der Waals surface area contributed by atoms with Gasteiger partial charge in [-0.25, -0.2) is 0 Å². The molecule has 4 rings (SSSR count). The summed E-state index contributed by atoms with van der Waals surface area (Å²) in [6.45, 7) is 9.32. The van der Waals surface area contributed by atoms with E-state index in [1.807, 2.05) is 36.0 Å². The highest BCUT2D eigenvalue weighted by molar-refractivity contribution is 5.10. The molecule has 2 aromatic rings. The zero-order valence-electron chi connectivity index (χ0n) is 15.7. The number of ether oxygens (including phenoxy) is 2. The van der Waals surface area contributed by atoms with Gasteiger partial charge in [0.2, 0.25) is 0 Å². The van der Waals surface area contributed by atoms with E-state index in [4.69, 9.17) is 9.47 Å². The maximum atomic E-state index is 6.15. The van der Waals surface area contributed by atoms with Gasteiger partial charge in [0.1, 0.15) is 0 Å². The van der Waals surface area contributed by atoms with Gasteiger partial charge in [-0.05, 0) is 32.4 Å². The molecule has 26 heavy (non-hydrogen) atoms. The molecule has 2 aliphatic rings. The molecule has 2 saturated heterocycles. The predicted molar refractivity (Wildman–Crippen MR) is 98.6 cm³/mol.